The fraction of sp³-hybridized carbons (Fsp3) is 0.857. The fourth-order valence-electron chi connectivity index (χ4n) is 0.556. The maximum atomic E-state index is 10.5. The summed E-state index contributed by atoms with van der Waals surface area (Å²) in [6, 6.07) is 0. The molecular weight excluding hydrogens is 146 g/mol. The normalized spacial score (nSPS) is 31.3. The molecule has 1 N–H and O–H groups in total. The van der Waals surface area contributed by atoms with Crippen LogP contribution in [-0.2, 0) is 4.79 Å². The Hall–Kier alpha value is -0.610. The van der Waals surface area contributed by atoms with Gasteiger partial charge in [0.2, 0.25) is 1.43 Å². The zero-order chi connectivity index (χ0) is 17.3. The Balaban J connectivity index is 5.98. The summed E-state index contributed by atoms with van der Waals surface area (Å²) in [6.07, 6.45) is -2.78. The lowest BCUT2D eigenvalue weighted by Gasteiger charge is -2.26. The van der Waals surface area contributed by atoms with Crippen LogP contribution in [0.25, 0.3) is 0 Å². The zero-order valence-corrected chi connectivity index (χ0v) is 5.66. The topological polar surface area (TPSA) is 60.4 Å². The van der Waals surface area contributed by atoms with Crippen LogP contribution in [0.15, 0.2) is 0 Å². The van der Waals surface area contributed by atoms with Crippen LogP contribution < -0.4 is 5.11 Å². The molecule has 0 aliphatic carbocycles. The summed E-state index contributed by atoms with van der Waals surface area (Å²) in [5.41, 5.74) is 0. The first-order chi connectivity index (χ1) is 9.10. The lowest BCUT2D eigenvalue weighted by molar-refractivity contribution is -0.873. The number of quaternary nitrogens is 1. The van der Waals surface area contributed by atoms with Crippen LogP contribution in [0.4, 0.5) is 0 Å². The number of nitrogens with zero attached hydrogens (tertiary/aromatic N) is 1. The Morgan fingerprint density at radius 1 is 1.82 bits per heavy atom. The summed E-state index contributed by atoms with van der Waals surface area (Å²) in [4.78, 5) is 10.5. The van der Waals surface area contributed by atoms with Gasteiger partial charge in [0.1, 0.15) is 12.6 Å². The Morgan fingerprint density at radius 2 is 2.45 bits per heavy atom. The Bertz CT molecular complexity index is 336. The van der Waals surface area contributed by atoms with Crippen LogP contribution in [0.2, 0.25) is 0 Å². The van der Waals surface area contributed by atoms with Crippen LogP contribution in [-0.4, -0.2) is 50.6 Å². The molecule has 0 aliphatic rings. The van der Waals surface area contributed by atoms with E-state index >= 15 is 0 Å². The molecular formula is C7H15NO3. The molecule has 4 nitrogen and oxygen atoms in total. The van der Waals surface area contributed by atoms with Gasteiger partial charge in [-0.15, -0.1) is 0 Å². The van der Waals surface area contributed by atoms with Gasteiger partial charge in [-0.05, 0) is 0 Å². The van der Waals surface area contributed by atoms with Crippen molar-refractivity contribution in [3.8, 4) is 0 Å². The van der Waals surface area contributed by atoms with Gasteiger partial charge in [0.25, 0.3) is 0 Å². The van der Waals surface area contributed by atoms with E-state index in [0.717, 1.165) is 0 Å². The van der Waals surface area contributed by atoms with Crippen molar-refractivity contribution in [2.24, 2.45) is 0 Å². The fourth-order valence-corrected chi connectivity index (χ4v) is 0.556. The number of aliphatic hydroxyl groups excluding tert-OH is 1. The Labute approximate surface area is 80.8 Å². The summed E-state index contributed by atoms with van der Waals surface area (Å²) in [7, 11) is 0. The van der Waals surface area contributed by atoms with E-state index in [1.165, 1.54) is 0 Å². The monoisotopic (exact) mass is 171 g/mol. The van der Waals surface area contributed by atoms with Crippen LogP contribution in [0, 0.1) is 0 Å². The summed E-state index contributed by atoms with van der Waals surface area (Å²) in [5.74, 6) is -1.73. The highest BCUT2D eigenvalue weighted by Crippen LogP contribution is 1.97. The lowest BCUT2D eigenvalue weighted by atomic mass is 10.2. The molecule has 0 fully saturated rings. The number of hydrogen-bond donors (Lipinski definition) is 1. The molecule has 0 aromatic carbocycles. The minimum atomic E-state index is -3.51. The second-order valence-electron chi connectivity index (χ2n) is 2.19. The maximum absolute atomic E-state index is 10.5. The number of carboxylic acid groups (broad SMARTS) is 1. The number of likely N-dealkylation sites (N-methyl/N-ethyl adjacent to an activating group) is 1. The van der Waals surface area contributed by atoms with Crippen molar-refractivity contribution in [1.82, 2.24) is 0 Å². The van der Waals surface area contributed by atoms with E-state index in [0.29, 0.717) is 0 Å². The molecule has 0 saturated carbocycles. The van der Waals surface area contributed by atoms with E-state index < -0.39 is 50.4 Å². The van der Waals surface area contributed by atoms with E-state index in [9.17, 15) is 9.90 Å². The van der Waals surface area contributed by atoms with Crippen LogP contribution in [0.3, 0.4) is 0 Å². The van der Waals surface area contributed by atoms with Gasteiger partial charge in [0, 0.05) is 12.4 Å². The molecule has 66 valence electrons. The first-order valence-electron chi connectivity index (χ1n) is 7.71. The van der Waals surface area contributed by atoms with Gasteiger partial charge in [0.05, 0.1) is 33.3 Å². The van der Waals surface area contributed by atoms with Crippen LogP contribution in [0.5, 0.6) is 0 Å². The zero-order valence-electron chi connectivity index (χ0n) is 15.7. The predicted molar refractivity (Wildman–Crippen MR) is 38.5 cm³/mol. The smallest absolute Gasteiger partial charge is 0.211 e. The van der Waals surface area contributed by atoms with E-state index in [1.54, 1.807) is 0 Å². The van der Waals surface area contributed by atoms with E-state index in [4.69, 9.17) is 13.8 Å². The number of aliphatic hydroxyl groups is 1. The van der Waals surface area contributed by atoms with E-state index in [2.05, 4.69) is 5.11 Å². The molecule has 0 rings (SSSR count). The largest absolute Gasteiger partial charge is 0.550 e. The number of rotatable bonds is 5. The number of carbonyl (C=O) groups is 1. The molecule has 1 atom stereocenters. The number of carbonyl (C=O) groups excluding carboxylic acids is 1. The third-order valence-corrected chi connectivity index (χ3v) is 0.872. The van der Waals surface area contributed by atoms with Crippen molar-refractivity contribution in [3.05, 3.63) is 0 Å². The molecule has 0 aliphatic heterocycles. The maximum Gasteiger partial charge on any atom is 0.211 e. The summed E-state index contributed by atoms with van der Waals surface area (Å²) in [5, 5.41) is 14.5. The minimum Gasteiger partial charge on any atom is -0.550 e. The van der Waals surface area contributed by atoms with Crippen molar-refractivity contribution in [1.29, 1.82) is 1.43 Å². The molecule has 0 amide bonds. The summed E-state index contributed by atoms with van der Waals surface area (Å²) < 4.78 is 70.1. The third-order valence-electron chi connectivity index (χ3n) is 0.872. The molecule has 0 heterocycles. The Kier molecular flexibility index (Phi) is 0.817. The summed E-state index contributed by atoms with van der Waals surface area (Å²) >= 11 is 0. The van der Waals surface area contributed by atoms with Gasteiger partial charge >= 0.3 is 0 Å². The molecule has 0 bridgehead atoms. The molecule has 0 radical (unpaired) electrons. The van der Waals surface area contributed by atoms with Gasteiger partial charge in [-0.25, -0.2) is 0 Å². The second-order valence-corrected chi connectivity index (χ2v) is 2.19. The quantitative estimate of drug-likeness (QED) is 0.496. The molecule has 0 saturated heterocycles. The predicted octanol–water partition coefficient (Wildman–Crippen LogP) is -1.81. The number of carboxylic acids is 1. The SMILES string of the molecule is [2H]O[C@H](CC(=O)[O-])C[N+](C([2H])([2H])[2H])(C([2H])([2H])[2H])C([2H])([2H])[2H]. The molecule has 0 aromatic heterocycles. The second kappa shape index (κ2) is 3.69. The molecule has 0 aromatic rings. The van der Waals surface area contributed by atoms with E-state index in [-0.39, 0.29) is 0 Å². The third kappa shape index (κ3) is 7.29. The minimum absolute atomic E-state index is 1.01. The molecule has 0 spiro atoms. The van der Waals surface area contributed by atoms with Crippen molar-refractivity contribution >= 4 is 5.97 Å². The highest BCUT2D eigenvalue weighted by Gasteiger charge is 2.14. The average molecular weight is 171 g/mol. The van der Waals surface area contributed by atoms with Crippen molar-refractivity contribution in [3.63, 3.8) is 0 Å². The highest BCUT2D eigenvalue weighted by molar-refractivity contribution is 5.64. The molecule has 0 unspecified atom stereocenters. The standard InChI is InChI=1S/C7H15NO3/c1-8(2,3)5-6(9)4-7(10)11/h6,9H,4-5H2,1-3H3/t6-/m1/s1/i1D3,2D3,3D3,9D. The van der Waals surface area contributed by atoms with E-state index in [1.807, 2.05) is 0 Å². The lowest BCUT2D eigenvalue weighted by Crippen LogP contribution is -2.43. The van der Waals surface area contributed by atoms with Gasteiger partial charge in [-0.2, -0.15) is 0 Å². The van der Waals surface area contributed by atoms with Crippen LogP contribution in [0.1, 0.15) is 18.8 Å². The molecule has 4 heteroatoms. The highest BCUT2D eigenvalue weighted by atomic mass is 16.4. The van der Waals surface area contributed by atoms with Gasteiger partial charge in [-0.1, -0.05) is 0 Å². The van der Waals surface area contributed by atoms with Crippen molar-refractivity contribution in [2.75, 3.05) is 27.5 Å². The van der Waals surface area contributed by atoms with Gasteiger partial charge in [0.15, 0.2) is 0 Å². The first kappa shape index (κ1) is 2.44. The van der Waals surface area contributed by atoms with Gasteiger partial charge in [-0.3, -0.25) is 0 Å². The first-order valence-corrected chi connectivity index (χ1v) is 2.80. The van der Waals surface area contributed by atoms with Crippen molar-refractivity contribution < 1.29 is 31.8 Å². The van der Waals surface area contributed by atoms with Gasteiger partial charge < -0.3 is 19.5 Å². The molecule has 11 heavy (non-hydrogen) atoms. The van der Waals surface area contributed by atoms with Crippen LogP contribution >= 0.6 is 0 Å². The summed E-state index contributed by atoms with van der Waals surface area (Å²) in [6.45, 7) is -11.8. The average Bonchev–Trinajstić information content (AvgIpc) is 2.17. The van der Waals surface area contributed by atoms with Crippen molar-refractivity contribution in [2.45, 2.75) is 12.5 Å². The number of hydrogen-bond acceptors (Lipinski definition) is 3. The number of aliphatic carboxylic acids is 1. The Morgan fingerprint density at radius 3 is 2.82 bits per heavy atom.